The van der Waals surface area contributed by atoms with Crippen LogP contribution in [0.15, 0.2) is 59.5 Å². The van der Waals surface area contributed by atoms with Gasteiger partial charge in [-0.25, -0.2) is 13.2 Å². The van der Waals surface area contributed by atoms with E-state index in [0.717, 1.165) is 9.87 Å². The Hall–Kier alpha value is -2.91. The van der Waals surface area contributed by atoms with Crippen molar-refractivity contribution in [2.45, 2.75) is 32.2 Å². The maximum atomic E-state index is 13.8. The van der Waals surface area contributed by atoms with Crippen LogP contribution in [0.1, 0.15) is 32.6 Å². The average Bonchev–Trinajstić information content (AvgIpc) is 2.80. The highest BCUT2D eigenvalue weighted by Gasteiger charge is 2.30. The van der Waals surface area contributed by atoms with Crippen LogP contribution in [-0.4, -0.2) is 38.3 Å². The summed E-state index contributed by atoms with van der Waals surface area (Å²) in [6.45, 7) is 4.80. The van der Waals surface area contributed by atoms with Gasteiger partial charge in [0, 0.05) is 12.2 Å². The first kappa shape index (κ1) is 27.7. The number of amides is 1. The molecule has 3 rings (SSSR count). The fourth-order valence-electron chi connectivity index (χ4n) is 3.94. The van der Waals surface area contributed by atoms with Gasteiger partial charge in [-0.3, -0.25) is 4.79 Å². The molecule has 7 nitrogen and oxygen atoms in total. The minimum atomic E-state index is -4.07. The van der Waals surface area contributed by atoms with Crippen molar-refractivity contribution < 1.29 is 22.7 Å². The van der Waals surface area contributed by atoms with Crippen molar-refractivity contribution in [3.05, 3.63) is 92.5 Å². The molecule has 0 aliphatic heterocycles. The highest BCUT2D eigenvalue weighted by Crippen LogP contribution is 2.28. The van der Waals surface area contributed by atoms with Crippen molar-refractivity contribution in [2.75, 3.05) is 19.0 Å². The van der Waals surface area contributed by atoms with Crippen LogP contribution in [0.25, 0.3) is 0 Å². The van der Waals surface area contributed by atoms with Gasteiger partial charge in [-0.15, -0.1) is 0 Å². The molecule has 1 amide bonds. The van der Waals surface area contributed by atoms with Gasteiger partial charge in [-0.05, 0) is 73.9 Å². The number of esters is 1. The minimum Gasteiger partial charge on any atom is -0.465 e. The number of aryl methyl sites for hydroxylation is 3. The van der Waals surface area contributed by atoms with E-state index in [-0.39, 0.29) is 16.5 Å². The molecule has 1 N–H and O–H groups in total. The number of ether oxygens (including phenoxy) is 1. The fourth-order valence-corrected chi connectivity index (χ4v) is 6.06. The zero-order valence-electron chi connectivity index (χ0n) is 20.3. The Morgan fingerprint density at radius 1 is 0.917 bits per heavy atom. The van der Waals surface area contributed by atoms with Crippen LogP contribution in [0.2, 0.25) is 10.0 Å². The number of hydrogen-bond acceptors (Lipinski definition) is 5. The summed E-state index contributed by atoms with van der Waals surface area (Å²) in [6, 6.07) is 14.5. The summed E-state index contributed by atoms with van der Waals surface area (Å²) in [6.07, 6.45) is 0. The molecule has 0 atom stereocenters. The largest absolute Gasteiger partial charge is 0.465 e. The highest BCUT2D eigenvalue weighted by atomic mass is 35.5. The molecule has 3 aromatic carbocycles. The average molecular weight is 549 g/mol. The van der Waals surface area contributed by atoms with Crippen molar-refractivity contribution >= 4 is 50.8 Å². The maximum Gasteiger partial charge on any atom is 0.337 e. The fraction of sp³-hybridized carbons (Fsp3) is 0.231. The van der Waals surface area contributed by atoms with Gasteiger partial charge in [-0.1, -0.05) is 47.0 Å². The van der Waals surface area contributed by atoms with Gasteiger partial charge in [-0.2, -0.15) is 4.31 Å². The van der Waals surface area contributed by atoms with Gasteiger partial charge in [0.2, 0.25) is 15.9 Å². The third-order valence-electron chi connectivity index (χ3n) is 5.46. The van der Waals surface area contributed by atoms with Crippen LogP contribution < -0.4 is 5.32 Å². The Balaban J connectivity index is 1.93. The monoisotopic (exact) mass is 548 g/mol. The summed E-state index contributed by atoms with van der Waals surface area (Å²) in [5.41, 5.74) is 3.42. The molecule has 0 fully saturated rings. The highest BCUT2D eigenvalue weighted by molar-refractivity contribution is 7.89. The molecule has 0 saturated carbocycles. The lowest BCUT2D eigenvalue weighted by Gasteiger charge is -2.24. The Kier molecular flexibility index (Phi) is 8.79. The molecule has 0 aliphatic rings. The van der Waals surface area contributed by atoms with Gasteiger partial charge < -0.3 is 10.1 Å². The van der Waals surface area contributed by atoms with Gasteiger partial charge in [0.1, 0.15) is 0 Å². The number of sulfonamides is 1. The van der Waals surface area contributed by atoms with Crippen LogP contribution >= 0.6 is 23.2 Å². The Morgan fingerprint density at radius 2 is 1.53 bits per heavy atom. The summed E-state index contributed by atoms with van der Waals surface area (Å²) in [4.78, 5) is 24.7. The first-order valence-corrected chi connectivity index (χ1v) is 13.1. The lowest BCUT2D eigenvalue weighted by Crippen LogP contribution is -2.38. The Labute approximate surface area is 221 Å². The molecule has 3 aromatic rings. The number of benzene rings is 3. The second kappa shape index (κ2) is 11.4. The van der Waals surface area contributed by atoms with E-state index in [9.17, 15) is 18.0 Å². The summed E-state index contributed by atoms with van der Waals surface area (Å²) >= 11 is 12.2. The Bertz CT molecular complexity index is 1380. The quantitative estimate of drug-likeness (QED) is 0.373. The van der Waals surface area contributed by atoms with E-state index in [1.807, 2.05) is 6.92 Å². The van der Waals surface area contributed by atoms with Gasteiger partial charge in [0.05, 0.1) is 34.2 Å². The van der Waals surface area contributed by atoms with Crippen molar-refractivity contribution in [1.82, 2.24) is 4.31 Å². The predicted octanol–water partition coefficient (Wildman–Crippen LogP) is 5.53. The maximum absolute atomic E-state index is 13.8. The second-order valence-electron chi connectivity index (χ2n) is 8.37. The summed E-state index contributed by atoms with van der Waals surface area (Å²) < 4.78 is 33.4. The number of rotatable bonds is 8. The number of methoxy groups -OCH3 is 1. The molecule has 0 spiro atoms. The lowest BCUT2D eigenvalue weighted by molar-refractivity contribution is -0.116. The summed E-state index contributed by atoms with van der Waals surface area (Å²) in [5, 5.41) is 3.30. The molecule has 10 heteroatoms. The van der Waals surface area contributed by atoms with E-state index in [1.54, 1.807) is 44.2 Å². The normalized spacial score (nSPS) is 11.4. The van der Waals surface area contributed by atoms with Crippen molar-refractivity contribution in [1.29, 1.82) is 0 Å². The molecule has 0 heterocycles. The van der Waals surface area contributed by atoms with E-state index in [2.05, 4.69) is 10.1 Å². The number of carbonyl (C=O) groups is 2. The molecule has 0 unspecified atom stereocenters. The zero-order valence-corrected chi connectivity index (χ0v) is 22.6. The van der Waals surface area contributed by atoms with Crippen molar-refractivity contribution in [3.63, 3.8) is 0 Å². The predicted molar refractivity (Wildman–Crippen MR) is 141 cm³/mol. The van der Waals surface area contributed by atoms with Gasteiger partial charge in [0.15, 0.2) is 0 Å². The van der Waals surface area contributed by atoms with Crippen LogP contribution in [0.5, 0.6) is 0 Å². The number of nitrogens with one attached hydrogen (secondary N) is 1. The van der Waals surface area contributed by atoms with Crippen molar-refractivity contribution in [3.8, 4) is 0 Å². The molecule has 0 radical (unpaired) electrons. The van der Waals surface area contributed by atoms with Crippen molar-refractivity contribution in [2.24, 2.45) is 0 Å². The summed E-state index contributed by atoms with van der Waals surface area (Å²) in [5.74, 6) is -1.05. The summed E-state index contributed by atoms with van der Waals surface area (Å²) in [7, 11) is -2.80. The van der Waals surface area contributed by atoms with E-state index >= 15 is 0 Å². The minimum absolute atomic E-state index is 0.0966. The van der Waals surface area contributed by atoms with E-state index in [1.165, 1.54) is 31.4 Å². The van der Waals surface area contributed by atoms with Gasteiger partial charge >= 0.3 is 5.97 Å². The van der Waals surface area contributed by atoms with Crippen LogP contribution in [0.3, 0.4) is 0 Å². The molecular formula is C26H26Cl2N2O5S. The second-order valence-corrected chi connectivity index (χ2v) is 11.1. The number of halogens is 2. The molecule has 190 valence electrons. The molecule has 0 saturated heterocycles. The first-order chi connectivity index (χ1) is 16.9. The first-order valence-electron chi connectivity index (χ1n) is 10.9. The van der Waals surface area contributed by atoms with E-state index in [0.29, 0.717) is 33.0 Å². The van der Waals surface area contributed by atoms with E-state index < -0.39 is 28.4 Å². The lowest BCUT2D eigenvalue weighted by atomic mass is 10.1. The molecular weight excluding hydrogens is 523 g/mol. The molecule has 0 aliphatic carbocycles. The zero-order chi connectivity index (χ0) is 26.6. The van der Waals surface area contributed by atoms with Crippen LogP contribution in [-0.2, 0) is 26.1 Å². The third-order valence-corrected chi connectivity index (χ3v) is 8.29. The number of carbonyl (C=O) groups excluding carboxylic acids is 2. The number of hydrogen-bond donors (Lipinski definition) is 1. The standard InChI is InChI=1S/C26H26Cl2N2O5S/c1-16-11-17(2)25(18(3)12-16)36(33,34)30(14-19-5-10-22(27)23(28)13-19)15-24(31)29-21-8-6-20(7-9-21)26(32)35-4/h5-13H,14-15H2,1-4H3,(H,29,31). The smallest absolute Gasteiger partial charge is 0.337 e. The molecule has 36 heavy (non-hydrogen) atoms. The van der Waals surface area contributed by atoms with Crippen LogP contribution in [0, 0.1) is 20.8 Å². The third kappa shape index (κ3) is 6.44. The van der Waals surface area contributed by atoms with Gasteiger partial charge in [0.25, 0.3) is 0 Å². The van der Waals surface area contributed by atoms with Crippen LogP contribution in [0.4, 0.5) is 5.69 Å². The Morgan fingerprint density at radius 3 is 2.08 bits per heavy atom. The SMILES string of the molecule is COC(=O)c1ccc(NC(=O)CN(Cc2ccc(Cl)c(Cl)c2)S(=O)(=O)c2c(C)cc(C)cc2C)cc1. The molecule has 0 bridgehead atoms. The topological polar surface area (TPSA) is 92.8 Å². The number of anilines is 1. The molecule has 0 aromatic heterocycles. The number of nitrogens with zero attached hydrogens (tertiary/aromatic N) is 1. The van der Waals surface area contributed by atoms with E-state index in [4.69, 9.17) is 23.2 Å².